The molecule has 3 heteroatoms. The van der Waals surface area contributed by atoms with Gasteiger partial charge in [0.05, 0.1) is 5.92 Å². The number of hydrogen-bond donors (Lipinski definition) is 0. The Hall–Kier alpha value is -1.64. The summed E-state index contributed by atoms with van der Waals surface area (Å²) < 4.78 is 5.91. The van der Waals surface area contributed by atoms with Crippen molar-refractivity contribution in [2.75, 3.05) is 0 Å². The van der Waals surface area contributed by atoms with E-state index in [1.807, 2.05) is 6.92 Å². The molecule has 132 valence electrons. The summed E-state index contributed by atoms with van der Waals surface area (Å²) >= 11 is 0. The molecule has 0 radical (unpaired) electrons. The van der Waals surface area contributed by atoms with Gasteiger partial charge in [-0.15, -0.1) is 0 Å². The second-order valence-corrected chi connectivity index (χ2v) is 9.21. The normalized spacial score (nSPS) is 23.8. The standard InChI is InChI=1S/C21H30O3/c1-12-9-15(20(3,4)5)18(16(10-12)21(6,7)8)24-19(23)17-13(2)14(17)11-22/h9-11,13-14,17H,1-8H3. The van der Waals surface area contributed by atoms with Crippen LogP contribution in [0.15, 0.2) is 12.1 Å². The first kappa shape index (κ1) is 18.7. The summed E-state index contributed by atoms with van der Waals surface area (Å²) in [6.07, 6.45) is 0.876. The van der Waals surface area contributed by atoms with E-state index in [4.69, 9.17) is 4.74 Å². The number of hydrogen-bond acceptors (Lipinski definition) is 3. The van der Waals surface area contributed by atoms with E-state index in [-0.39, 0.29) is 34.6 Å². The highest BCUT2D eigenvalue weighted by Gasteiger charge is 2.53. The minimum atomic E-state index is -0.301. The molecule has 1 aromatic rings. The second kappa shape index (κ2) is 6.02. The third kappa shape index (κ3) is 3.55. The predicted molar refractivity (Wildman–Crippen MR) is 96.4 cm³/mol. The van der Waals surface area contributed by atoms with Gasteiger partial charge < -0.3 is 9.53 Å². The van der Waals surface area contributed by atoms with Crippen molar-refractivity contribution in [3.63, 3.8) is 0 Å². The average Bonchev–Trinajstić information content (AvgIpc) is 3.08. The van der Waals surface area contributed by atoms with Gasteiger partial charge in [-0.3, -0.25) is 4.79 Å². The fourth-order valence-electron chi connectivity index (χ4n) is 3.24. The number of rotatable bonds is 3. The van der Waals surface area contributed by atoms with Crippen molar-refractivity contribution < 1.29 is 14.3 Å². The number of carbonyl (C=O) groups excluding carboxylic acids is 2. The van der Waals surface area contributed by atoms with Gasteiger partial charge in [0.15, 0.2) is 0 Å². The summed E-state index contributed by atoms with van der Waals surface area (Å²) in [5.74, 6) is -0.0195. The summed E-state index contributed by atoms with van der Waals surface area (Å²) in [5, 5.41) is 0. The molecule has 0 N–H and O–H groups in total. The van der Waals surface area contributed by atoms with Crippen molar-refractivity contribution in [1.82, 2.24) is 0 Å². The van der Waals surface area contributed by atoms with Crippen molar-refractivity contribution in [1.29, 1.82) is 0 Å². The van der Waals surface area contributed by atoms with Crippen molar-refractivity contribution in [2.24, 2.45) is 17.8 Å². The molecule has 24 heavy (non-hydrogen) atoms. The van der Waals surface area contributed by atoms with Crippen LogP contribution in [0, 0.1) is 24.7 Å². The van der Waals surface area contributed by atoms with Gasteiger partial charge in [0.2, 0.25) is 0 Å². The molecule has 3 unspecified atom stereocenters. The maximum atomic E-state index is 12.6. The van der Waals surface area contributed by atoms with Gasteiger partial charge in [0, 0.05) is 17.0 Å². The quantitative estimate of drug-likeness (QED) is 0.463. The Bertz CT molecular complexity index is 624. The highest BCUT2D eigenvalue weighted by molar-refractivity contribution is 5.84. The van der Waals surface area contributed by atoms with Crippen LogP contribution in [-0.4, -0.2) is 12.3 Å². The molecule has 0 bridgehead atoms. The van der Waals surface area contributed by atoms with Gasteiger partial charge in [0.25, 0.3) is 0 Å². The maximum Gasteiger partial charge on any atom is 0.315 e. The Kier molecular flexibility index (Phi) is 4.69. The summed E-state index contributed by atoms with van der Waals surface area (Å²) in [5.41, 5.74) is 2.96. The van der Waals surface area contributed by atoms with E-state index in [0.29, 0.717) is 5.75 Å². The van der Waals surface area contributed by atoms with Gasteiger partial charge >= 0.3 is 5.97 Å². The third-order valence-electron chi connectivity index (χ3n) is 4.93. The summed E-state index contributed by atoms with van der Waals surface area (Å²) in [6, 6.07) is 4.21. The van der Waals surface area contributed by atoms with Crippen molar-refractivity contribution in [3.8, 4) is 5.75 Å². The zero-order valence-corrected chi connectivity index (χ0v) is 16.2. The number of aryl methyl sites for hydroxylation is 1. The minimum absolute atomic E-state index is 0.0802. The largest absolute Gasteiger partial charge is 0.426 e. The van der Waals surface area contributed by atoms with Crippen molar-refractivity contribution >= 4 is 12.3 Å². The van der Waals surface area contributed by atoms with E-state index >= 15 is 0 Å². The Morgan fingerprint density at radius 3 is 1.83 bits per heavy atom. The Balaban J connectivity index is 2.50. The average molecular weight is 330 g/mol. The number of carbonyl (C=O) groups is 2. The van der Waals surface area contributed by atoms with Crippen molar-refractivity contribution in [2.45, 2.75) is 66.2 Å². The lowest BCUT2D eigenvalue weighted by atomic mass is 9.78. The molecular formula is C21H30O3. The van der Waals surface area contributed by atoms with E-state index in [9.17, 15) is 9.59 Å². The number of ether oxygens (including phenoxy) is 1. The molecular weight excluding hydrogens is 300 g/mol. The molecule has 0 heterocycles. The highest BCUT2D eigenvalue weighted by Crippen LogP contribution is 2.47. The van der Waals surface area contributed by atoms with Crippen LogP contribution in [0.1, 0.15) is 65.2 Å². The molecule has 0 aliphatic heterocycles. The smallest absolute Gasteiger partial charge is 0.315 e. The molecule has 3 atom stereocenters. The monoisotopic (exact) mass is 330 g/mol. The third-order valence-corrected chi connectivity index (χ3v) is 4.93. The van der Waals surface area contributed by atoms with E-state index in [0.717, 1.165) is 23.0 Å². The first-order valence-corrected chi connectivity index (χ1v) is 8.70. The number of aldehydes is 1. The number of esters is 1. The molecule has 0 aromatic heterocycles. The maximum absolute atomic E-state index is 12.6. The molecule has 1 saturated carbocycles. The summed E-state index contributed by atoms with van der Waals surface area (Å²) in [6.45, 7) is 16.7. The number of benzene rings is 1. The van der Waals surface area contributed by atoms with E-state index in [1.54, 1.807) is 0 Å². The summed E-state index contributed by atoms with van der Waals surface area (Å²) in [7, 11) is 0. The van der Waals surface area contributed by atoms with Gasteiger partial charge in [-0.1, -0.05) is 66.2 Å². The van der Waals surface area contributed by atoms with Gasteiger partial charge in [-0.05, 0) is 23.7 Å². The highest BCUT2D eigenvalue weighted by atomic mass is 16.5. The van der Waals surface area contributed by atoms with Crippen LogP contribution in [0.5, 0.6) is 5.75 Å². The van der Waals surface area contributed by atoms with Crippen LogP contribution in [0.4, 0.5) is 0 Å². The lowest BCUT2D eigenvalue weighted by Gasteiger charge is -2.29. The van der Waals surface area contributed by atoms with Crippen LogP contribution in [0.3, 0.4) is 0 Å². The topological polar surface area (TPSA) is 43.4 Å². The molecule has 1 aliphatic rings. The van der Waals surface area contributed by atoms with Gasteiger partial charge in [-0.25, -0.2) is 0 Å². The zero-order chi connectivity index (χ0) is 18.4. The van der Waals surface area contributed by atoms with Gasteiger partial charge in [0.1, 0.15) is 12.0 Å². The SMILES string of the molecule is Cc1cc(C(C)(C)C)c(OC(=O)C2C(C)C2C=O)c(C(C)(C)C)c1. The van der Waals surface area contributed by atoms with Crippen LogP contribution >= 0.6 is 0 Å². The molecule has 1 aromatic carbocycles. The van der Waals surface area contributed by atoms with Crippen LogP contribution in [0.25, 0.3) is 0 Å². The summed E-state index contributed by atoms with van der Waals surface area (Å²) in [4.78, 5) is 23.7. The lowest BCUT2D eigenvalue weighted by molar-refractivity contribution is -0.137. The molecule has 0 spiro atoms. The first-order chi connectivity index (χ1) is 10.9. The molecule has 3 nitrogen and oxygen atoms in total. The molecule has 2 rings (SSSR count). The van der Waals surface area contributed by atoms with E-state index < -0.39 is 0 Å². The van der Waals surface area contributed by atoms with E-state index in [2.05, 4.69) is 60.6 Å². The predicted octanol–water partition coefficient (Wildman–Crippen LogP) is 4.58. The molecule has 1 aliphatic carbocycles. The zero-order valence-electron chi connectivity index (χ0n) is 16.2. The molecule has 1 fully saturated rings. The van der Waals surface area contributed by atoms with Crippen LogP contribution < -0.4 is 4.74 Å². The molecule has 0 amide bonds. The van der Waals surface area contributed by atoms with Crippen molar-refractivity contribution in [3.05, 3.63) is 28.8 Å². The van der Waals surface area contributed by atoms with E-state index in [1.165, 1.54) is 0 Å². The first-order valence-electron chi connectivity index (χ1n) is 8.70. The second-order valence-electron chi connectivity index (χ2n) is 9.21. The van der Waals surface area contributed by atoms with Crippen LogP contribution in [-0.2, 0) is 20.4 Å². The van der Waals surface area contributed by atoms with Crippen LogP contribution in [0.2, 0.25) is 0 Å². The fraction of sp³-hybridized carbons (Fsp3) is 0.619. The fourth-order valence-corrected chi connectivity index (χ4v) is 3.24. The lowest BCUT2D eigenvalue weighted by Crippen LogP contribution is -2.23. The van der Waals surface area contributed by atoms with Gasteiger partial charge in [-0.2, -0.15) is 0 Å². The Labute approximate surface area is 145 Å². The minimum Gasteiger partial charge on any atom is -0.426 e. The Morgan fingerprint density at radius 1 is 1.04 bits per heavy atom. The Morgan fingerprint density at radius 2 is 1.50 bits per heavy atom. The molecule has 0 saturated heterocycles.